The molecule has 2 heterocycles. The molecule has 0 saturated carbocycles. The molecule has 0 amide bonds. The van der Waals surface area contributed by atoms with Crippen molar-refractivity contribution in [3.8, 4) is 0 Å². The fraction of sp³-hybridized carbons (Fsp3) is 0.419. The van der Waals surface area contributed by atoms with Gasteiger partial charge in [0.2, 0.25) is 0 Å². The van der Waals surface area contributed by atoms with Gasteiger partial charge in [0, 0.05) is 56.9 Å². The van der Waals surface area contributed by atoms with Gasteiger partial charge in [0.05, 0.1) is 5.71 Å². The van der Waals surface area contributed by atoms with Crippen molar-refractivity contribution in [3.63, 3.8) is 0 Å². The SMILES string of the molecule is C=C.CC/C=C(\C=NC)c1ccc(/C(CC)=N/N=C(\C)N2CCNC(c3ccncc3)C2)c(CCC)c1. The Balaban J connectivity index is 0.00000235. The van der Waals surface area contributed by atoms with Crippen molar-refractivity contribution in [2.45, 2.75) is 59.4 Å². The lowest BCUT2D eigenvalue weighted by atomic mass is 9.93. The van der Waals surface area contributed by atoms with E-state index in [1.54, 1.807) is 0 Å². The Bertz CT molecular complexity index is 1080. The standard InChI is InChI=1S/C29H40N6.C2H4/c1-6-9-25-19-24(26(10-7-2)20-30-5)11-12-27(25)28(8-3)34-33-22(4)35-18-17-32-29(21-35)23-13-15-31-16-14-23;1-2/h10-16,19-20,29,32H,6-9,17-18,21H2,1-5H3;1-2H2/b26-10+,30-20?,33-22+,34-28+;. The first-order valence-corrected chi connectivity index (χ1v) is 13.4. The van der Waals surface area contributed by atoms with Gasteiger partial charge in [0.25, 0.3) is 0 Å². The first-order valence-electron chi connectivity index (χ1n) is 13.4. The number of nitrogens with one attached hydrogen (secondary N) is 1. The number of amidine groups is 1. The fourth-order valence-electron chi connectivity index (χ4n) is 4.51. The van der Waals surface area contributed by atoms with E-state index in [1.165, 1.54) is 27.8 Å². The Kier molecular flexibility index (Phi) is 13.2. The number of nitrogens with zero attached hydrogens (tertiary/aromatic N) is 5. The molecule has 37 heavy (non-hydrogen) atoms. The molecule has 1 unspecified atom stereocenters. The second-order valence-electron chi connectivity index (χ2n) is 8.86. The van der Waals surface area contributed by atoms with E-state index in [2.05, 4.69) is 97.5 Å². The van der Waals surface area contributed by atoms with E-state index < -0.39 is 0 Å². The highest BCUT2D eigenvalue weighted by Gasteiger charge is 2.21. The molecule has 1 aliphatic heterocycles. The number of aliphatic imine (C=N–C) groups is 1. The van der Waals surface area contributed by atoms with Crippen LogP contribution in [0.3, 0.4) is 0 Å². The average molecular weight is 501 g/mol. The lowest BCUT2D eigenvalue weighted by molar-refractivity contribution is 0.293. The highest BCUT2D eigenvalue weighted by atomic mass is 15.3. The van der Waals surface area contributed by atoms with Crippen molar-refractivity contribution in [2.24, 2.45) is 15.2 Å². The van der Waals surface area contributed by atoms with Gasteiger partial charge < -0.3 is 10.2 Å². The first kappa shape index (κ1) is 29.8. The molecule has 1 aromatic heterocycles. The number of aryl methyl sites for hydroxylation is 1. The van der Waals surface area contributed by atoms with Crippen LogP contribution in [0.1, 0.15) is 75.3 Å². The Labute approximate surface area is 224 Å². The van der Waals surface area contributed by atoms with E-state index in [4.69, 9.17) is 10.2 Å². The minimum Gasteiger partial charge on any atom is -0.356 e. The molecule has 1 fully saturated rings. The summed E-state index contributed by atoms with van der Waals surface area (Å²) < 4.78 is 0. The zero-order valence-corrected chi connectivity index (χ0v) is 23.4. The average Bonchev–Trinajstić information content (AvgIpc) is 2.95. The first-order chi connectivity index (χ1) is 18.1. The molecule has 3 rings (SSSR count). The molecule has 0 radical (unpaired) electrons. The predicted molar refractivity (Wildman–Crippen MR) is 161 cm³/mol. The molecule has 198 valence electrons. The third-order valence-electron chi connectivity index (χ3n) is 6.35. The minimum absolute atomic E-state index is 0.271. The van der Waals surface area contributed by atoms with Crippen LogP contribution in [0, 0.1) is 0 Å². The van der Waals surface area contributed by atoms with Crippen LogP contribution in [-0.2, 0) is 6.42 Å². The van der Waals surface area contributed by atoms with E-state index >= 15 is 0 Å². The number of allylic oxidation sites excluding steroid dienone is 2. The van der Waals surface area contributed by atoms with Crippen molar-refractivity contribution in [3.05, 3.63) is 84.2 Å². The number of pyridine rings is 1. The van der Waals surface area contributed by atoms with Gasteiger partial charge >= 0.3 is 0 Å². The Morgan fingerprint density at radius 1 is 1.14 bits per heavy atom. The van der Waals surface area contributed by atoms with Gasteiger partial charge in [-0.25, -0.2) is 0 Å². The van der Waals surface area contributed by atoms with Crippen molar-refractivity contribution < 1.29 is 0 Å². The van der Waals surface area contributed by atoms with Gasteiger partial charge in [-0.2, -0.15) is 5.10 Å². The maximum atomic E-state index is 4.77. The summed E-state index contributed by atoms with van der Waals surface area (Å²) in [4.78, 5) is 10.7. The molecular formula is C31H44N6. The summed E-state index contributed by atoms with van der Waals surface area (Å²) in [5.41, 5.74) is 7.20. The topological polar surface area (TPSA) is 65.2 Å². The number of hydrogen-bond acceptors (Lipinski definition) is 5. The minimum atomic E-state index is 0.271. The second-order valence-corrected chi connectivity index (χ2v) is 8.86. The smallest absolute Gasteiger partial charge is 0.124 e. The Morgan fingerprint density at radius 2 is 1.89 bits per heavy atom. The molecule has 6 nitrogen and oxygen atoms in total. The summed E-state index contributed by atoms with van der Waals surface area (Å²) in [5, 5.41) is 13.1. The Morgan fingerprint density at radius 3 is 2.54 bits per heavy atom. The highest BCUT2D eigenvalue weighted by Crippen LogP contribution is 2.22. The number of hydrogen-bond donors (Lipinski definition) is 1. The maximum Gasteiger partial charge on any atom is 0.124 e. The van der Waals surface area contributed by atoms with Crippen molar-refractivity contribution in [1.29, 1.82) is 0 Å². The summed E-state index contributed by atoms with van der Waals surface area (Å²) in [7, 11) is 1.82. The zero-order valence-electron chi connectivity index (χ0n) is 23.4. The summed E-state index contributed by atoms with van der Waals surface area (Å²) in [6.45, 7) is 17.3. The molecule has 1 N–H and O–H groups in total. The van der Waals surface area contributed by atoms with Crippen molar-refractivity contribution >= 4 is 23.3 Å². The molecule has 1 aromatic carbocycles. The summed E-state index contributed by atoms with van der Waals surface area (Å²) in [6, 6.07) is 11.1. The molecule has 2 aromatic rings. The largest absolute Gasteiger partial charge is 0.356 e. The molecule has 1 aliphatic rings. The van der Waals surface area contributed by atoms with E-state index in [0.717, 1.165) is 56.9 Å². The van der Waals surface area contributed by atoms with E-state index in [9.17, 15) is 0 Å². The quantitative estimate of drug-likeness (QED) is 0.185. The normalized spacial score (nSPS) is 17.1. The van der Waals surface area contributed by atoms with Gasteiger partial charge in [-0.1, -0.05) is 51.5 Å². The van der Waals surface area contributed by atoms with E-state index in [0.29, 0.717) is 0 Å². The molecular weight excluding hydrogens is 456 g/mol. The monoisotopic (exact) mass is 500 g/mol. The van der Waals surface area contributed by atoms with Crippen LogP contribution in [0.4, 0.5) is 0 Å². The van der Waals surface area contributed by atoms with Crippen LogP contribution in [0.2, 0.25) is 0 Å². The summed E-state index contributed by atoms with van der Waals surface area (Å²) in [5.74, 6) is 0.956. The molecule has 6 heteroatoms. The van der Waals surface area contributed by atoms with Crippen LogP contribution in [0.15, 0.2) is 77.2 Å². The van der Waals surface area contributed by atoms with Gasteiger partial charge in [-0.15, -0.1) is 18.3 Å². The molecule has 1 saturated heterocycles. The number of rotatable bonds is 9. The van der Waals surface area contributed by atoms with Crippen LogP contribution in [-0.4, -0.2) is 54.3 Å². The van der Waals surface area contributed by atoms with Crippen molar-refractivity contribution in [1.82, 2.24) is 15.2 Å². The second kappa shape index (κ2) is 16.4. The highest BCUT2D eigenvalue weighted by molar-refractivity contribution is 6.10. The van der Waals surface area contributed by atoms with Crippen LogP contribution < -0.4 is 5.32 Å². The molecule has 0 spiro atoms. The van der Waals surface area contributed by atoms with Crippen molar-refractivity contribution in [2.75, 3.05) is 26.7 Å². The third-order valence-corrected chi connectivity index (χ3v) is 6.35. The lowest BCUT2D eigenvalue weighted by Crippen LogP contribution is -2.47. The van der Waals surface area contributed by atoms with Gasteiger partial charge in [-0.3, -0.25) is 9.98 Å². The molecule has 0 bridgehead atoms. The molecule has 0 aliphatic carbocycles. The number of piperazine rings is 1. The van der Waals surface area contributed by atoms with Gasteiger partial charge in [0.1, 0.15) is 5.84 Å². The maximum absolute atomic E-state index is 4.77. The summed E-state index contributed by atoms with van der Waals surface area (Å²) in [6.07, 6.45) is 11.8. The van der Waals surface area contributed by atoms with E-state index in [-0.39, 0.29) is 6.04 Å². The fourth-order valence-corrected chi connectivity index (χ4v) is 4.51. The van der Waals surface area contributed by atoms with Gasteiger partial charge in [-0.05, 0) is 60.6 Å². The Hall–Kier alpha value is -3.38. The van der Waals surface area contributed by atoms with Gasteiger partial charge in [0.15, 0.2) is 0 Å². The molecule has 1 atom stereocenters. The predicted octanol–water partition coefficient (Wildman–Crippen LogP) is 6.51. The van der Waals surface area contributed by atoms with E-state index in [1.807, 2.05) is 25.7 Å². The number of benzene rings is 1. The van der Waals surface area contributed by atoms with Crippen LogP contribution in [0.25, 0.3) is 5.57 Å². The number of aromatic nitrogens is 1. The van der Waals surface area contributed by atoms with Crippen LogP contribution in [0.5, 0.6) is 0 Å². The van der Waals surface area contributed by atoms with Crippen LogP contribution >= 0.6 is 0 Å². The zero-order chi connectivity index (χ0) is 27.0. The summed E-state index contributed by atoms with van der Waals surface area (Å²) >= 11 is 0. The lowest BCUT2D eigenvalue weighted by Gasteiger charge is -2.34. The third kappa shape index (κ3) is 8.60.